The van der Waals surface area contributed by atoms with Gasteiger partial charge < -0.3 is 20.1 Å². The van der Waals surface area contributed by atoms with Gasteiger partial charge in [0, 0.05) is 12.1 Å². The molecule has 0 radical (unpaired) electrons. The fourth-order valence-electron chi connectivity index (χ4n) is 2.85. The third-order valence-corrected chi connectivity index (χ3v) is 3.92. The molecule has 16 heavy (non-hydrogen) atoms. The molecule has 0 amide bonds. The molecule has 0 aromatic carbocycles. The van der Waals surface area contributed by atoms with Gasteiger partial charge in [0.05, 0.1) is 25.4 Å². The molecular weight excluding hydrogens is 204 g/mol. The van der Waals surface area contributed by atoms with E-state index in [2.05, 4.69) is 24.1 Å². The number of ether oxygens (including phenoxy) is 1. The second kappa shape index (κ2) is 5.45. The van der Waals surface area contributed by atoms with E-state index >= 15 is 0 Å². The van der Waals surface area contributed by atoms with Crippen molar-refractivity contribution in [2.75, 3.05) is 26.3 Å². The summed E-state index contributed by atoms with van der Waals surface area (Å²) in [7, 11) is 0. The first kappa shape index (κ1) is 12.3. The summed E-state index contributed by atoms with van der Waals surface area (Å²) in [4.78, 5) is 2.51. The molecule has 0 aromatic rings. The molecule has 0 bridgehead atoms. The Morgan fingerprint density at radius 2 is 2.25 bits per heavy atom. The average molecular weight is 228 g/mol. The minimum absolute atomic E-state index is 0.144. The summed E-state index contributed by atoms with van der Waals surface area (Å²) in [6.07, 6.45) is 2.04. The lowest BCUT2D eigenvalue weighted by Gasteiger charge is -2.38. The van der Waals surface area contributed by atoms with Crippen LogP contribution in [0.2, 0.25) is 0 Å². The predicted octanol–water partition coefficient (Wildman–Crippen LogP) is 0.209. The third kappa shape index (κ3) is 2.74. The van der Waals surface area contributed by atoms with E-state index in [1.54, 1.807) is 0 Å². The molecule has 2 aliphatic heterocycles. The summed E-state index contributed by atoms with van der Waals surface area (Å²) < 4.78 is 5.26. The maximum Gasteiger partial charge on any atom is 0.0948 e. The van der Waals surface area contributed by atoms with Crippen molar-refractivity contribution in [3.8, 4) is 0 Å². The Bertz CT molecular complexity index is 225. The van der Waals surface area contributed by atoms with Crippen molar-refractivity contribution < 1.29 is 9.84 Å². The van der Waals surface area contributed by atoms with Crippen LogP contribution in [-0.4, -0.2) is 60.5 Å². The molecule has 0 saturated carbocycles. The van der Waals surface area contributed by atoms with Crippen LogP contribution in [0.1, 0.15) is 26.7 Å². The molecule has 94 valence electrons. The van der Waals surface area contributed by atoms with Gasteiger partial charge in [0.15, 0.2) is 0 Å². The van der Waals surface area contributed by atoms with Gasteiger partial charge in [-0.15, -0.1) is 0 Å². The van der Waals surface area contributed by atoms with Crippen molar-refractivity contribution in [2.45, 2.75) is 50.9 Å². The fourth-order valence-corrected chi connectivity index (χ4v) is 2.85. The van der Waals surface area contributed by atoms with E-state index in [9.17, 15) is 5.11 Å². The van der Waals surface area contributed by atoms with Crippen molar-refractivity contribution in [1.29, 1.82) is 0 Å². The van der Waals surface area contributed by atoms with Gasteiger partial charge in [-0.2, -0.15) is 0 Å². The van der Waals surface area contributed by atoms with Crippen LogP contribution in [-0.2, 0) is 4.74 Å². The quantitative estimate of drug-likeness (QED) is 0.725. The normalized spacial score (nSPS) is 41.4. The number of aliphatic hydroxyl groups is 1. The van der Waals surface area contributed by atoms with Crippen molar-refractivity contribution in [3.63, 3.8) is 0 Å². The number of nitrogens with one attached hydrogen (secondary N) is 1. The minimum Gasteiger partial charge on any atom is -0.389 e. The Hall–Kier alpha value is -0.160. The number of rotatable bonds is 3. The molecule has 4 nitrogen and oxygen atoms in total. The van der Waals surface area contributed by atoms with Crippen molar-refractivity contribution in [1.82, 2.24) is 10.2 Å². The summed E-state index contributed by atoms with van der Waals surface area (Å²) in [6.45, 7) is 7.96. The highest BCUT2D eigenvalue weighted by Gasteiger charge is 2.31. The molecule has 2 saturated heterocycles. The Labute approximate surface area is 98.0 Å². The lowest BCUT2D eigenvalue weighted by Crippen LogP contribution is -2.52. The highest BCUT2D eigenvalue weighted by Crippen LogP contribution is 2.18. The second-order valence-corrected chi connectivity index (χ2v) is 5.08. The molecule has 4 unspecified atom stereocenters. The zero-order valence-electron chi connectivity index (χ0n) is 10.4. The average Bonchev–Trinajstić information content (AvgIpc) is 2.65. The number of hydrogen-bond acceptors (Lipinski definition) is 4. The molecule has 2 heterocycles. The predicted molar refractivity (Wildman–Crippen MR) is 63.5 cm³/mol. The standard InChI is InChI=1S/C12H24N2O2/c1-3-14-5-4-10(6-9(14)2)13-11-7-16-8-12(11)15/h9-13,15H,3-8H2,1-2H3. The Morgan fingerprint density at radius 3 is 2.81 bits per heavy atom. The van der Waals surface area contributed by atoms with E-state index in [4.69, 9.17) is 4.74 Å². The maximum atomic E-state index is 9.69. The zero-order chi connectivity index (χ0) is 11.5. The van der Waals surface area contributed by atoms with Gasteiger partial charge >= 0.3 is 0 Å². The van der Waals surface area contributed by atoms with Crippen molar-refractivity contribution in [2.24, 2.45) is 0 Å². The van der Waals surface area contributed by atoms with Crippen LogP contribution in [0, 0.1) is 0 Å². The number of piperidine rings is 1. The van der Waals surface area contributed by atoms with Crippen LogP contribution in [0.15, 0.2) is 0 Å². The van der Waals surface area contributed by atoms with E-state index in [1.807, 2.05) is 0 Å². The second-order valence-electron chi connectivity index (χ2n) is 5.08. The lowest BCUT2D eigenvalue weighted by atomic mass is 9.97. The van der Waals surface area contributed by atoms with Crippen LogP contribution in [0.5, 0.6) is 0 Å². The van der Waals surface area contributed by atoms with Crippen LogP contribution in [0.25, 0.3) is 0 Å². The Morgan fingerprint density at radius 1 is 1.44 bits per heavy atom. The molecule has 0 aliphatic carbocycles. The summed E-state index contributed by atoms with van der Waals surface area (Å²) in [6, 6.07) is 1.33. The molecule has 4 atom stereocenters. The molecular formula is C12H24N2O2. The third-order valence-electron chi connectivity index (χ3n) is 3.92. The maximum absolute atomic E-state index is 9.69. The van der Waals surface area contributed by atoms with Gasteiger partial charge in [-0.1, -0.05) is 6.92 Å². The van der Waals surface area contributed by atoms with Gasteiger partial charge in [0.25, 0.3) is 0 Å². The molecule has 4 heteroatoms. The minimum atomic E-state index is -0.320. The number of aliphatic hydroxyl groups excluding tert-OH is 1. The SMILES string of the molecule is CCN1CCC(NC2COCC2O)CC1C. The van der Waals surface area contributed by atoms with Crippen molar-refractivity contribution >= 4 is 0 Å². The Balaban J connectivity index is 1.79. The Kier molecular flexibility index (Phi) is 4.19. The summed E-state index contributed by atoms with van der Waals surface area (Å²) >= 11 is 0. The summed E-state index contributed by atoms with van der Waals surface area (Å²) in [5.41, 5.74) is 0. The molecule has 2 N–H and O–H groups in total. The van der Waals surface area contributed by atoms with Crippen LogP contribution < -0.4 is 5.32 Å². The van der Waals surface area contributed by atoms with Crippen LogP contribution in [0.3, 0.4) is 0 Å². The molecule has 2 aliphatic rings. The van der Waals surface area contributed by atoms with Gasteiger partial charge in [0.1, 0.15) is 0 Å². The monoisotopic (exact) mass is 228 g/mol. The highest BCUT2D eigenvalue weighted by molar-refractivity contribution is 4.88. The lowest BCUT2D eigenvalue weighted by molar-refractivity contribution is 0.109. The number of hydrogen-bond donors (Lipinski definition) is 2. The van der Waals surface area contributed by atoms with Crippen LogP contribution in [0.4, 0.5) is 0 Å². The summed E-state index contributed by atoms with van der Waals surface area (Å²) in [5.74, 6) is 0. The first-order chi connectivity index (χ1) is 7.70. The molecule has 0 aromatic heterocycles. The van der Waals surface area contributed by atoms with E-state index < -0.39 is 0 Å². The molecule has 2 rings (SSSR count). The first-order valence-electron chi connectivity index (χ1n) is 6.46. The van der Waals surface area contributed by atoms with Gasteiger partial charge in [-0.25, -0.2) is 0 Å². The smallest absolute Gasteiger partial charge is 0.0948 e. The van der Waals surface area contributed by atoms with E-state index in [-0.39, 0.29) is 12.1 Å². The van der Waals surface area contributed by atoms with Gasteiger partial charge in [-0.05, 0) is 32.9 Å². The van der Waals surface area contributed by atoms with Crippen LogP contribution >= 0.6 is 0 Å². The molecule has 2 fully saturated rings. The summed E-state index contributed by atoms with van der Waals surface area (Å²) in [5, 5.41) is 13.2. The van der Waals surface area contributed by atoms with Gasteiger partial charge in [0.2, 0.25) is 0 Å². The fraction of sp³-hybridized carbons (Fsp3) is 1.00. The van der Waals surface area contributed by atoms with E-state index in [1.165, 1.54) is 19.4 Å². The highest BCUT2D eigenvalue weighted by atomic mass is 16.5. The number of nitrogens with zero attached hydrogens (tertiary/aromatic N) is 1. The first-order valence-corrected chi connectivity index (χ1v) is 6.46. The van der Waals surface area contributed by atoms with E-state index in [0.29, 0.717) is 25.3 Å². The van der Waals surface area contributed by atoms with E-state index in [0.717, 1.165) is 6.54 Å². The topological polar surface area (TPSA) is 44.7 Å². The van der Waals surface area contributed by atoms with Gasteiger partial charge in [-0.3, -0.25) is 0 Å². The zero-order valence-corrected chi connectivity index (χ0v) is 10.4. The van der Waals surface area contributed by atoms with Crippen molar-refractivity contribution in [3.05, 3.63) is 0 Å². The molecule has 0 spiro atoms. The largest absolute Gasteiger partial charge is 0.389 e. The number of likely N-dealkylation sites (tertiary alicyclic amines) is 1.